The largest absolute Gasteiger partial charge is 0.335 e. The third-order valence-electron chi connectivity index (χ3n) is 2.27. The second kappa shape index (κ2) is 5.44. The number of imidazole rings is 1. The van der Waals surface area contributed by atoms with Crippen LogP contribution in [-0.2, 0) is 6.54 Å². The molecule has 0 atom stereocenters. The first kappa shape index (κ1) is 12.3. The Morgan fingerprint density at radius 2 is 2.50 bits per heavy atom. The molecule has 6 nitrogen and oxygen atoms in total. The lowest BCUT2D eigenvalue weighted by Crippen LogP contribution is -2.12. The van der Waals surface area contributed by atoms with E-state index in [2.05, 4.69) is 10.3 Å². The summed E-state index contributed by atoms with van der Waals surface area (Å²) in [6.07, 6.45) is 3.18. The average molecular weight is 261 g/mol. The van der Waals surface area contributed by atoms with E-state index in [-0.39, 0.29) is 5.91 Å². The molecule has 0 saturated carbocycles. The van der Waals surface area contributed by atoms with Crippen molar-refractivity contribution in [2.45, 2.75) is 6.54 Å². The minimum atomic E-state index is -0.329. The summed E-state index contributed by atoms with van der Waals surface area (Å²) < 4.78 is 1.74. The zero-order chi connectivity index (χ0) is 13.0. The van der Waals surface area contributed by atoms with Crippen LogP contribution < -0.4 is 11.1 Å². The lowest BCUT2D eigenvalue weighted by Gasteiger charge is -2.00. The minimum absolute atomic E-state index is 0.306. The Morgan fingerprint density at radius 3 is 3.22 bits per heavy atom. The first-order chi connectivity index (χ1) is 8.74. The number of amides is 1. The van der Waals surface area contributed by atoms with Gasteiger partial charge in [-0.3, -0.25) is 4.79 Å². The van der Waals surface area contributed by atoms with E-state index in [1.54, 1.807) is 28.5 Å². The Balaban J connectivity index is 2.10. The summed E-state index contributed by atoms with van der Waals surface area (Å²) in [7, 11) is 0. The van der Waals surface area contributed by atoms with E-state index in [0.29, 0.717) is 29.3 Å². The van der Waals surface area contributed by atoms with Crippen molar-refractivity contribution in [2.24, 2.45) is 5.73 Å². The summed E-state index contributed by atoms with van der Waals surface area (Å²) in [5.41, 5.74) is 6.17. The lowest BCUT2D eigenvalue weighted by molar-refractivity contribution is 0.102. The quantitative estimate of drug-likeness (QED) is 0.858. The fourth-order valence-electron chi connectivity index (χ4n) is 1.41. The van der Waals surface area contributed by atoms with E-state index < -0.39 is 0 Å². The Kier molecular flexibility index (Phi) is 3.72. The second-order valence-electron chi connectivity index (χ2n) is 3.51. The van der Waals surface area contributed by atoms with Crippen molar-refractivity contribution < 1.29 is 4.79 Å². The van der Waals surface area contributed by atoms with Crippen LogP contribution in [0.5, 0.6) is 0 Å². The molecule has 2 heterocycles. The van der Waals surface area contributed by atoms with Crippen molar-refractivity contribution in [3.63, 3.8) is 0 Å². The number of hydrogen-bond donors (Lipinski definition) is 2. The van der Waals surface area contributed by atoms with Crippen LogP contribution in [0.3, 0.4) is 0 Å². The summed E-state index contributed by atoms with van der Waals surface area (Å²) in [4.78, 5) is 15.9. The summed E-state index contributed by atoms with van der Waals surface area (Å²) in [6.45, 7) is 1.10. The van der Waals surface area contributed by atoms with Crippen LogP contribution in [0.25, 0.3) is 0 Å². The SMILES string of the molecule is N#Cc1ccsc1NC(=O)c1cn(CCN)cn1. The highest BCUT2D eigenvalue weighted by Gasteiger charge is 2.12. The number of nitrogens with zero attached hydrogens (tertiary/aromatic N) is 3. The van der Waals surface area contributed by atoms with E-state index in [1.807, 2.05) is 6.07 Å². The number of thiophene rings is 1. The molecule has 0 bridgehead atoms. The van der Waals surface area contributed by atoms with Crippen LogP contribution in [0, 0.1) is 11.3 Å². The van der Waals surface area contributed by atoms with Crippen LogP contribution in [0.4, 0.5) is 5.00 Å². The lowest BCUT2D eigenvalue weighted by atomic mass is 10.3. The van der Waals surface area contributed by atoms with Crippen molar-refractivity contribution in [3.05, 3.63) is 35.2 Å². The van der Waals surface area contributed by atoms with E-state index >= 15 is 0 Å². The van der Waals surface area contributed by atoms with Crippen LogP contribution in [0.15, 0.2) is 24.0 Å². The van der Waals surface area contributed by atoms with Gasteiger partial charge in [0.1, 0.15) is 16.8 Å². The minimum Gasteiger partial charge on any atom is -0.335 e. The Labute approximate surface area is 108 Å². The van der Waals surface area contributed by atoms with Crippen molar-refractivity contribution in [1.82, 2.24) is 9.55 Å². The van der Waals surface area contributed by atoms with Crippen LogP contribution in [0.2, 0.25) is 0 Å². The Morgan fingerprint density at radius 1 is 1.67 bits per heavy atom. The molecule has 0 aliphatic heterocycles. The normalized spacial score (nSPS) is 10.0. The molecule has 7 heteroatoms. The van der Waals surface area contributed by atoms with Gasteiger partial charge in [-0.25, -0.2) is 4.98 Å². The summed E-state index contributed by atoms with van der Waals surface area (Å²) in [5, 5.41) is 13.8. The van der Waals surface area contributed by atoms with Gasteiger partial charge in [-0.05, 0) is 11.4 Å². The van der Waals surface area contributed by atoms with Crippen molar-refractivity contribution in [1.29, 1.82) is 5.26 Å². The maximum Gasteiger partial charge on any atom is 0.276 e. The average Bonchev–Trinajstić information content (AvgIpc) is 2.98. The third kappa shape index (κ3) is 2.56. The van der Waals surface area contributed by atoms with E-state index in [4.69, 9.17) is 11.0 Å². The molecule has 92 valence electrons. The first-order valence-corrected chi connectivity index (χ1v) is 6.13. The van der Waals surface area contributed by atoms with Crippen LogP contribution in [0.1, 0.15) is 16.1 Å². The third-order valence-corrected chi connectivity index (χ3v) is 3.10. The van der Waals surface area contributed by atoms with Crippen molar-refractivity contribution in [3.8, 4) is 6.07 Å². The number of nitrogens with two attached hydrogens (primary N) is 1. The molecule has 2 aromatic rings. The molecular formula is C11H11N5OS. The molecule has 0 spiro atoms. The zero-order valence-corrected chi connectivity index (χ0v) is 10.3. The van der Waals surface area contributed by atoms with Gasteiger partial charge in [0.05, 0.1) is 11.9 Å². The molecule has 1 amide bonds. The number of hydrogen-bond acceptors (Lipinski definition) is 5. The fourth-order valence-corrected chi connectivity index (χ4v) is 2.14. The highest BCUT2D eigenvalue weighted by atomic mass is 32.1. The second-order valence-corrected chi connectivity index (χ2v) is 4.43. The van der Waals surface area contributed by atoms with E-state index in [9.17, 15) is 4.79 Å². The number of carbonyl (C=O) groups excluding carboxylic acids is 1. The van der Waals surface area contributed by atoms with Gasteiger partial charge in [0, 0.05) is 19.3 Å². The molecule has 0 aromatic carbocycles. The number of anilines is 1. The number of aromatic nitrogens is 2. The van der Waals surface area contributed by atoms with Gasteiger partial charge < -0.3 is 15.6 Å². The maximum atomic E-state index is 11.9. The molecule has 2 rings (SSSR count). The molecule has 0 aliphatic rings. The van der Waals surface area contributed by atoms with Gasteiger partial charge in [-0.2, -0.15) is 5.26 Å². The molecule has 18 heavy (non-hydrogen) atoms. The van der Waals surface area contributed by atoms with E-state index in [0.717, 1.165) is 0 Å². The van der Waals surface area contributed by atoms with Crippen LogP contribution in [-0.4, -0.2) is 22.0 Å². The predicted octanol–water partition coefficient (Wildman–Crippen LogP) is 1.03. The Bertz CT molecular complexity index is 595. The summed E-state index contributed by atoms with van der Waals surface area (Å²) >= 11 is 1.31. The van der Waals surface area contributed by atoms with Gasteiger partial charge >= 0.3 is 0 Å². The molecule has 0 saturated heterocycles. The number of carbonyl (C=O) groups is 1. The van der Waals surface area contributed by atoms with Crippen molar-refractivity contribution in [2.75, 3.05) is 11.9 Å². The molecule has 2 aromatic heterocycles. The highest BCUT2D eigenvalue weighted by molar-refractivity contribution is 7.14. The zero-order valence-electron chi connectivity index (χ0n) is 9.46. The van der Waals surface area contributed by atoms with Crippen molar-refractivity contribution >= 4 is 22.2 Å². The van der Waals surface area contributed by atoms with Gasteiger partial charge in [0.15, 0.2) is 0 Å². The number of nitriles is 1. The van der Waals surface area contributed by atoms with Gasteiger partial charge in [-0.1, -0.05) is 0 Å². The number of nitrogens with one attached hydrogen (secondary N) is 1. The molecular weight excluding hydrogens is 250 g/mol. The Hall–Kier alpha value is -2.17. The van der Waals surface area contributed by atoms with Gasteiger partial charge in [-0.15, -0.1) is 11.3 Å². The highest BCUT2D eigenvalue weighted by Crippen LogP contribution is 2.22. The summed E-state index contributed by atoms with van der Waals surface area (Å²) in [5.74, 6) is -0.329. The molecule has 0 fully saturated rings. The van der Waals surface area contributed by atoms with Crippen LogP contribution >= 0.6 is 11.3 Å². The molecule has 0 unspecified atom stereocenters. The fraction of sp³-hybridized carbons (Fsp3) is 0.182. The maximum absolute atomic E-state index is 11.9. The molecule has 0 aliphatic carbocycles. The van der Waals surface area contributed by atoms with Gasteiger partial charge in [0.25, 0.3) is 5.91 Å². The predicted molar refractivity (Wildman–Crippen MR) is 68.3 cm³/mol. The first-order valence-electron chi connectivity index (χ1n) is 5.25. The smallest absolute Gasteiger partial charge is 0.276 e. The monoisotopic (exact) mass is 261 g/mol. The molecule has 0 radical (unpaired) electrons. The number of rotatable bonds is 4. The summed E-state index contributed by atoms with van der Waals surface area (Å²) in [6, 6.07) is 3.67. The topological polar surface area (TPSA) is 96.7 Å². The standard InChI is InChI=1S/C11H11N5OS/c12-2-3-16-6-9(14-7-16)10(17)15-11-8(5-13)1-4-18-11/h1,4,6-7H,2-3,12H2,(H,15,17). The molecule has 3 N–H and O–H groups in total. The van der Waals surface area contributed by atoms with E-state index in [1.165, 1.54) is 11.3 Å². The van der Waals surface area contributed by atoms with Gasteiger partial charge in [0.2, 0.25) is 0 Å².